The number of phosphoric ester groups is 1. The molecule has 0 rings (SSSR count). The van der Waals surface area contributed by atoms with E-state index in [4.69, 9.17) is 4.89 Å². The van der Waals surface area contributed by atoms with Crippen molar-refractivity contribution < 1.29 is 23.3 Å². The second-order valence-electron chi connectivity index (χ2n) is 2.20. The zero-order chi connectivity index (χ0) is 9.78. The first-order valence-electron chi connectivity index (χ1n) is 3.37. The van der Waals surface area contributed by atoms with Gasteiger partial charge in [-0.25, -0.2) is 9.36 Å². The van der Waals surface area contributed by atoms with Crippen LogP contribution >= 0.6 is 7.82 Å². The van der Waals surface area contributed by atoms with Crippen LogP contribution in [0.4, 0.5) is 4.79 Å². The van der Waals surface area contributed by atoms with Gasteiger partial charge < -0.3 is 10.3 Å². The standard InChI is InChI=1S/C5H12NO5P/c1-3-4(2)10-12(8,9)11-5(6)7/h4H,3H2,1-2H3,(H2,6,7)(H,8,9). The summed E-state index contributed by atoms with van der Waals surface area (Å²) in [4.78, 5) is 18.9. The van der Waals surface area contributed by atoms with Crippen LogP contribution in [0.5, 0.6) is 0 Å². The van der Waals surface area contributed by atoms with Crippen molar-refractivity contribution in [1.29, 1.82) is 0 Å². The fourth-order valence-electron chi connectivity index (χ4n) is 0.437. The number of carbonyl (C=O) groups is 1. The zero-order valence-electron chi connectivity index (χ0n) is 6.89. The van der Waals surface area contributed by atoms with Gasteiger partial charge in [-0.1, -0.05) is 6.92 Å². The van der Waals surface area contributed by atoms with E-state index in [-0.39, 0.29) is 0 Å². The van der Waals surface area contributed by atoms with Crippen molar-refractivity contribution in [3.8, 4) is 0 Å². The van der Waals surface area contributed by atoms with Gasteiger partial charge in [0.1, 0.15) is 0 Å². The fourth-order valence-corrected chi connectivity index (χ4v) is 1.31. The van der Waals surface area contributed by atoms with Crippen molar-refractivity contribution in [3.63, 3.8) is 0 Å². The number of hydrogen-bond acceptors (Lipinski definition) is 4. The molecule has 0 saturated heterocycles. The van der Waals surface area contributed by atoms with E-state index in [2.05, 4.69) is 14.8 Å². The first kappa shape index (κ1) is 11.4. The molecule has 72 valence electrons. The van der Waals surface area contributed by atoms with Crippen LogP contribution < -0.4 is 5.73 Å². The van der Waals surface area contributed by atoms with Gasteiger partial charge in [0.15, 0.2) is 0 Å². The third-order valence-electron chi connectivity index (χ3n) is 1.09. The van der Waals surface area contributed by atoms with Gasteiger partial charge in [-0.15, -0.1) is 0 Å². The molecule has 0 heterocycles. The first-order chi connectivity index (χ1) is 5.37. The molecule has 7 heteroatoms. The number of amides is 1. The second kappa shape index (κ2) is 4.45. The Hall–Kier alpha value is -0.580. The molecule has 0 aromatic carbocycles. The number of phosphoric acid groups is 1. The van der Waals surface area contributed by atoms with Crippen LogP contribution in [0.25, 0.3) is 0 Å². The van der Waals surface area contributed by atoms with Crippen molar-refractivity contribution >= 4 is 13.9 Å². The summed E-state index contributed by atoms with van der Waals surface area (Å²) in [6.07, 6.45) is -1.25. The molecule has 2 unspecified atom stereocenters. The first-order valence-corrected chi connectivity index (χ1v) is 4.87. The molecule has 0 aliphatic carbocycles. The Bertz CT molecular complexity index is 206. The predicted octanol–water partition coefficient (Wildman–Crippen LogP) is 0.997. The van der Waals surface area contributed by atoms with Gasteiger partial charge in [0.2, 0.25) is 0 Å². The Kier molecular flexibility index (Phi) is 4.23. The van der Waals surface area contributed by atoms with Gasteiger partial charge in [0.05, 0.1) is 6.10 Å². The summed E-state index contributed by atoms with van der Waals surface area (Å²) in [7, 11) is -4.30. The van der Waals surface area contributed by atoms with Gasteiger partial charge in [0, 0.05) is 0 Å². The minimum absolute atomic E-state index is 0.458. The minimum Gasteiger partial charge on any atom is -0.354 e. The molecule has 0 aromatic heterocycles. The molecular weight excluding hydrogens is 185 g/mol. The summed E-state index contributed by atoms with van der Waals surface area (Å²) in [5.41, 5.74) is 4.52. The summed E-state index contributed by atoms with van der Waals surface area (Å²) < 4.78 is 19.1. The molecule has 0 aromatic rings. The van der Waals surface area contributed by atoms with Gasteiger partial charge in [-0.3, -0.25) is 9.42 Å². The summed E-state index contributed by atoms with van der Waals surface area (Å²) in [5.74, 6) is 0. The highest BCUT2D eigenvalue weighted by molar-refractivity contribution is 7.48. The lowest BCUT2D eigenvalue weighted by atomic mass is 10.3. The summed E-state index contributed by atoms with van der Waals surface area (Å²) in [5, 5.41) is 0. The Morgan fingerprint density at radius 1 is 1.75 bits per heavy atom. The van der Waals surface area contributed by atoms with E-state index in [1.807, 2.05) is 0 Å². The average Bonchev–Trinajstić information content (AvgIpc) is 1.83. The lowest BCUT2D eigenvalue weighted by molar-refractivity contribution is 0.125. The molecule has 2 atom stereocenters. The molecule has 1 amide bonds. The molecule has 0 aliphatic rings. The van der Waals surface area contributed by atoms with Crippen molar-refractivity contribution in [1.82, 2.24) is 0 Å². The van der Waals surface area contributed by atoms with Crippen LogP contribution in [0, 0.1) is 0 Å². The van der Waals surface area contributed by atoms with Gasteiger partial charge in [-0.2, -0.15) is 0 Å². The van der Waals surface area contributed by atoms with E-state index in [1.54, 1.807) is 13.8 Å². The topological polar surface area (TPSA) is 98.8 Å². The molecule has 0 fully saturated rings. The second-order valence-corrected chi connectivity index (χ2v) is 3.53. The largest absolute Gasteiger partial charge is 0.531 e. The van der Waals surface area contributed by atoms with Crippen LogP contribution in [-0.4, -0.2) is 17.1 Å². The quantitative estimate of drug-likeness (QED) is 0.655. The van der Waals surface area contributed by atoms with Crippen LogP contribution in [0.3, 0.4) is 0 Å². The minimum atomic E-state index is -4.30. The maximum absolute atomic E-state index is 10.8. The third-order valence-corrected chi connectivity index (χ3v) is 2.13. The molecule has 3 N–H and O–H groups in total. The van der Waals surface area contributed by atoms with E-state index in [0.29, 0.717) is 6.42 Å². The van der Waals surface area contributed by atoms with Crippen molar-refractivity contribution in [3.05, 3.63) is 0 Å². The number of rotatable bonds is 4. The highest BCUT2D eigenvalue weighted by atomic mass is 31.2. The lowest BCUT2D eigenvalue weighted by Crippen LogP contribution is -2.14. The zero-order valence-corrected chi connectivity index (χ0v) is 7.78. The van der Waals surface area contributed by atoms with Crippen molar-refractivity contribution in [2.45, 2.75) is 26.4 Å². The predicted molar refractivity (Wildman–Crippen MR) is 41.3 cm³/mol. The monoisotopic (exact) mass is 197 g/mol. The van der Waals surface area contributed by atoms with Crippen LogP contribution in [0.1, 0.15) is 20.3 Å². The van der Waals surface area contributed by atoms with E-state index in [1.165, 1.54) is 0 Å². The van der Waals surface area contributed by atoms with Crippen molar-refractivity contribution in [2.24, 2.45) is 5.73 Å². The molecular formula is C5H12NO5P. The molecule has 0 radical (unpaired) electrons. The maximum Gasteiger partial charge on any atom is 0.531 e. The van der Waals surface area contributed by atoms with E-state index < -0.39 is 20.0 Å². The lowest BCUT2D eigenvalue weighted by Gasteiger charge is -2.14. The molecule has 12 heavy (non-hydrogen) atoms. The van der Waals surface area contributed by atoms with E-state index >= 15 is 0 Å². The van der Waals surface area contributed by atoms with Gasteiger partial charge >= 0.3 is 13.9 Å². The Morgan fingerprint density at radius 2 is 2.25 bits per heavy atom. The molecule has 0 bridgehead atoms. The number of nitrogens with two attached hydrogens (primary N) is 1. The summed E-state index contributed by atoms with van der Waals surface area (Å²) in [6, 6.07) is 0. The Labute approximate surface area is 70.3 Å². The van der Waals surface area contributed by atoms with E-state index in [9.17, 15) is 9.36 Å². The molecule has 0 saturated carbocycles. The SMILES string of the molecule is CCC(C)OP(=O)(O)OC(N)=O. The Balaban J connectivity index is 4.04. The van der Waals surface area contributed by atoms with Crippen LogP contribution in [-0.2, 0) is 13.6 Å². The average molecular weight is 197 g/mol. The van der Waals surface area contributed by atoms with Gasteiger partial charge in [0.25, 0.3) is 0 Å². The summed E-state index contributed by atoms with van der Waals surface area (Å²) >= 11 is 0. The normalized spacial score (nSPS) is 17.9. The molecule has 6 nitrogen and oxygen atoms in total. The number of carbonyl (C=O) groups excluding carboxylic acids is 1. The number of hydrogen-bond donors (Lipinski definition) is 2. The maximum atomic E-state index is 10.8. The summed E-state index contributed by atoms with van der Waals surface area (Å²) in [6.45, 7) is 3.34. The number of primary amides is 1. The van der Waals surface area contributed by atoms with E-state index in [0.717, 1.165) is 0 Å². The van der Waals surface area contributed by atoms with Crippen LogP contribution in [0.15, 0.2) is 0 Å². The van der Waals surface area contributed by atoms with Crippen LogP contribution in [0.2, 0.25) is 0 Å². The fraction of sp³-hybridized carbons (Fsp3) is 0.800. The van der Waals surface area contributed by atoms with Gasteiger partial charge in [-0.05, 0) is 13.3 Å². The highest BCUT2D eigenvalue weighted by Crippen LogP contribution is 2.44. The molecule has 0 aliphatic heterocycles. The highest BCUT2D eigenvalue weighted by Gasteiger charge is 2.26. The smallest absolute Gasteiger partial charge is 0.354 e. The van der Waals surface area contributed by atoms with Crippen molar-refractivity contribution in [2.75, 3.05) is 0 Å². The Morgan fingerprint density at radius 3 is 2.58 bits per heavy atom. The molecule has 0 spiro atoms. The third kappa shape index (κ3) is 5.12.